The molecule has 1 heteroatoms. The average molecular weight is 204 g/mol. The zero-order valence-electron chi connectivity index (χ0n) is 10.3. The molecule has 0 bridgehead atoms. The summed E-state index contributed by atoms with van der Waals surface area (Å²) in [6.07, 6.45) is 1.90. The quantitative estimate of drug-likeness (QED) is 0.731. The lowest BCUT2D eigenvalue weighted by molar-refractivity contribution is 0.109. The highest BCUT2D eigenvalue weighted by Crippen LogP contribution is 2.27. The summed E-state index contributed by atoms with van der Waals surface area (Å²) in [6, 6.07) is 6.17. The SMILES string of the molecule is CC(C)=CC(C)(O)c1cc(C)ccc1C. The van der Waals surface area contributed by atoms with Crippen LogP contribution in [0.1, 0.15) is 37.5 Å². The monoisotopic (exact) mass is 204 g/mol. The van der Waals surface area contributed by atoms with Crippen LogP contribution in [-0.2, 0) is 5.60 Å². The minimum absolute atomic E-state index is 0.866. The van der Waals surface area contributed by atoms with E-state index >= 15 is 0 Å². The van der Waals surface area contributed by atoms with Crippen LogP contribution in [0, 0.1) is 13.8 Å². The second-order valence-corrected chi connectivity index (χ2v) is 4.69. The predicted octanol–water partition coefficient (Wildman–Crippen LogP) is 3.48. The van der Waals surface area contributed by atoms with Gasteiger partial charge in [-0.2, -0.15) is 0 Å². The molecule has 0 saturated carbocycles. The molecule has 1 unspecified atom stereocenters. The molecular formula is C14H20O. The van der Waals surface area contributed by atoms with E-state index in [1.807, 2.05) is 40.7 Å². The van der Waals surface area contributed by atoms with Gasteiger partial charge in [0.2, 0.25) is 0 Å². The number of benzene rings is 1. The number of allylic oxidation sites excluding steroid dienone is 1. The third kappa shape index (κ3) is 2.93. The summed E-state index contributed by atoms with van der Waals surface area (Å²) < 4.78 is 0. The van der Waals surface area contributed by atoms with E-state index in [1.165, 1.54) is 5.56 Å². The van der Waals surface area contributed by atoms with Gasteiger partial charge in [-0.05, 0) is 45.7 Å². The zero-order chi connectivity index (χ0) is 11.6. The van der Waals surface area contributed by atoms with Crippen molar-refractivity contribution in [3.63, 3.8) is 0 Å². The van der Waals surface area contributed by atoms with E-state index in [-0.39, 0.29) is 0 Å². The fraction of sp³-hybridized carbons (Fsp3) is 0.429. The molecule has 0 saturated heterocycles. The Morgan fingerprint density at radius 1 is 1.27 bits per heavy atom. The van der Waals surface area contributed by atoms with Crippen molar-refractivity contribution in [2.75, 3.05) is 0 Å². The molecule has 0 aromatic heterocycles. The molecule has 1 aromatic rings. The van der Waals surface area contributed by atoms with Gasteiger partial charge in [-0.15, -0.1) is 0 Å². The molecule has 0 radical (unpaired) electrons. The van der Waals surface area contributed by atoms with E-state index in [0.717, 1.165) is 16.7 Å². The van der Waals surface area contributed by atoms with Crippen molar-refractivity contribution in [2.24, 2.45) is 0 Å². The van der Waals surface area contributed by atoms with E-state index in [2.05, 4.69) is 18.2 Å². The Balaban J connectivity index is 3.25. The van der Waals surface area contributed by atoms with Crippen molar-refractivity contribution in [3.05, 3.63) is 46.5 Å². The van der Waals surface area contributed by atoms with Crippen LogP contribution in [0.4, 0.5) is 0 Å². The van der Waals surface area contributed by atoms with E-state index < -0.39 is 5.60 Å². The highest BCUT2D eigenvalue weighted by Gasteiger charge is 2.21. The average Bonchev–Trinajstić information content (AvgIpc) is 2.06. The molecule has 1 N–H and O–H groups in total. The molecule has 82 valence electrons. The van der Waals surface area contributed by atoms with Gasteiger partial charge in [0, 0.05) is 0 Å². The van der Waals surface area contributed by atoms with Crippen molar-refractivity contribution >= 4 is 0 Å². The number of aliphatic hydroxyl groups is 1. The molecule has 0 spiro atoms. The molecule has 0 heterocycles. The predicted molar refractivity (Wildman–Crippen MR) is 64.9 cm³/mol. The summed E-state index contributed by atoms with van der Waals surface area (Å²) in [5, 5.41) is 10.4. The van der Waals surface area contributed by atoms with Gasteiger partial charge in [0.1, 0.15) is 5.60 Å². The Kier molecular flexibility index (Phi) is 3.35. The van der Waals surface area contributed by atoms with Crippen molar-refractivity contribution in [1.29, 1.82) is 0 Å². The summed E-state index contributed by atoms with van der Waals surface area (Å²) >= 11 is 0. The Hall–Kier alpha value is -1.08. The van der Waals surface area contributed by atoms with E-state index in [0.29, 0.717) is 0 Å². The van der Waals surface area contributed by atoms with Crippen molar-refractivity contribution < 1.29 is 5.11 Å². The summed E-state index contributed by atoms with van der Waals surface area (Å²) in [4.78, 5) is 0. The maximum Gasteiger partial charge on any atom is 0.105 e. The largest absolute Gasteiger partial charge is 0.381 e. The van der Waals surface area contributed by atoms with Crippen molar-refractivity contribution in [1.82, 2.24) is 0 Å². The van der Waals surface area contributed by atoms with E-state index in [9.17, 15) is 5.11 Å². The van der Waals surface area contributed by atoms with Gasteiger partial charge >= 0.3 is 0 Å². The molecule has 0 aliphatic rings. The minimum atomic E-state index is -0.866. The fourth-order valence-corrected chi connectivity index (χ4v) is 1.92. The smallest absolute Gasteiger partial charge is 0.105 e. The highest BCUT2D eigenvalue weighted by molar-refractivity contribution is 5.37. The summed E-state index contributed by atoms with van der Waals surface area (Å²) in [7, 11) is 0. The Bertz CT molecular complexity index is 382. The molecule has 0 fully saturated rings. The number of aryl methyl sites for hydroxylation is 2. The highest BCUT2D eigenvalue weighted by atomic mass is 16.3. The third-order valence-corrected chi connectivity index (χ3v) is 2.51. The molecule has 0 aliphatic heterocycles. The van der Waals surface area contributed by atoms with Gasteiger partial charge in [0.15, 0.2) is 0 Å². The molecule has 1 atom stereocenters. The molecule has 1 nitrogen and oxygen atoms in total. The Morgan fingerprint density at radius 3 is 2.40 bits per heavy atom. The van der Waals surface area contributed by atoms with Gasteiger partial charge in [0.25, 0.3) is 0 Å². The Morgan fingerprint density at radius 2 is 1.87 bits per heavy atom. The normalized spacial score (nSPS) is 14.5. The molecule has 1 aromatic carbocycles. The first-order valence-electron chi connectivity index (χ1n) is 5.29. The first-order valence-corrected chi connectivity index (χ1v) is 5.29. The summed E-state index contributed by atoms with van der Waals surface area (Å²) in [6.45, 7) is 9.91. The third-order valence-electron chi connectivity index (χ3n) is 2.51. The zero-order valence-corrected chi connectivity index (χ0v) is 10.3. The van der Waals surface area contributed by atoms with Crippen LogP contribution in [0.5, 0.6) is 0 Å². The topological polar surface area (TPSA) is 20.2 Å². The first kappa shape index (κ1) is 12.0. The van der Waals surface area contributed by atoms with Crippen LogP contribution in [0.2, 0.25) is 0 Å². The maximum atomic E-state index is 10.4. The van der Waals surface area contributed by atoms with Gasteiger partial charge < -0.3 is 5.11 Å². The number of hydrogen-bond acceptors (Lipinski definition) is 1. The second-order valence-electron chi connectivity index (χ2n) is 4.69. The minimum Gasteiger partial charge on any atom is -0.381 e. The van der Waals surface area contributed by atoms with Gasteiger partial charge in [0.05, 0.1) is 0 Å². The van der Waals surface area contributed by atoms with Crippen LogP contribution < -0.4 is 0 Å². The standard InChI is InChI=1S/C14H20O/c1-10(2)9-14(5,15)13-8-11(3)6-7-12(13)4/h6-9,15H,1-5H3. The molecule has 0 aliphatic carbocycles. The number of hydrogen-bond donors (Lipinski definition) is 1. The van der Waals surface area contributed by atoms with Crippen LogP contribution in [0.3, 0.4) is 0 Å². The lowest BCUT2D eigenvalue weighted by Crippen LogP contribution is -2.19. The van der Waals surface area contributed by atoms with Gasteiger partial charge in [-0.1, -0.05) is 35.4 Å². The fourth-order valence-electron chi connectivity index (χ4n) is 1.92. The second kappa shape index (κ2) is 4.19. The lowest BCUT2D eigenvalue weighted by atomic mass is 9.89. The van der Waals surface area contributed by atoms with Crippen LogP contribution in [-0.4, -0.2) is 5.11 Å². The van der Waals surface area contributed by atoms with Crippen LogP contribution >= 0.6 is 0 Å². The van der Waals surface area contributed by atoms with E-state index in [1.54, 1.807) is 0 Å². The summed E-state index contributed by atoms with van der Waals surface area (Å²) in [5.74, 6) is 0. The molecule has 0 amide bonds. The van der Waals surface area contributed by atoms with Crippen LogP contribution in [0.15, 0.2) is 29.8 Å². The molecule has 15 heavy (non-hydrogen) atoms. The van der Waals surface area contributed by atoms with Gasteiger partial charge in [-0.3, -0.25) is 0 Å². The molecular weight excluding hydrogens is 184 g/mol. The van der Waals surface area contributed by atoms with Crippen LogP contribution in [0.25, 0.3) is 0 Å². The Labute approximate surface area is 92.5 Å². The van der Waals surface area contributed by atoms with E-state index in [4.69, 9.17) is 0 Å². The lowest BCUT2D eigenvalue weighted by Gasteiger charge is -2.23. The summed E-state index contributed by atoms with van der Waals surface area (Å²) in [5.41, 5.74) is 3.56. The maximum absolute atomic E-state index is 10.4. The first-order chi connectivity index (χ1) is 6.83. The van der Waals surface area contributed by atoms with Crippen molar-refractivity contribution in [3.8, 4) is 0 Å². The van der Waals surface area contributed by atoms with Gasteiger partial charge in [-0.25, -0.2) is 0 Å². The number of rotatable bonds is 2. The van der Waals surface area contributed by atoms with Crippen molar-refractivity contribution in [2.45, 2.75) is 40.2 Å². The molecule has 1 rings (SSSR count).